The maximum atomic E-state index is 6.05. The summed E-state index contributed by atoms with van der Waals surface area (Å²) < 4.78 is 16.8. The third-order valence-corrected chi connectivity index (χ3v) is 5.31. The number of anilines is 1. The minimum Gasteiger partial charge on any atom is -0.491 e. The van der Waals surface area contributed by atoms with E-state index >= 15 is 0 Å². The van der Waals surface area contributed by atoms with E-state index in [1.807, 2.05) is 37.3 Å². The molecule has 5 nitrogen and oxygen atoms in total. The SMILES string of the molecule is CCOc1[c]ccc(N2CCC(c3noc4cc(Cl)ccc34)CC2)c1OC. The first-order valence-electron chi connectivity index (χ1n) is 9.22. The van der Waals surface area contributed by atoms with Crippen molar-refractivity contribution in [1.29, 1.82) is 0 Å². The van der Waals surface area contributed by atoms with Gasteiger partial charge >= 0.3 is 0 Å². The number of aromatic nitrogens is 1. The van der Waals surface area contributed by atoms with Crippen LogP contribution in [0.15, 0.2) is 34.9 Å². The van der Waals surface area contributed by atoms with Crippen molar-refractivity contribution >= 4 is 28.3 Å². The zero-order chi connectivity index (χ0) is 18.8. The van der Waals surface area contributed by atoms with Crippen LogP contribution in [0.5, 0.6) is 11.5 Å². The minimum absolute atomic E-state index is 0.372. The highest BCUT2D eigenvalue weighted by Gasteiger charge is 2.27. The molecular weight excluding hydrogens is 364 g/mol. The predicted octanol–water partition coefficient (Wildman–Crippen LogP) is 5.07. The quantitative estimate of drug-likeness (QED) is 0.613. The number of hydrogen-bond donors (Lipinski definition) is 0. The van der Waals surface area contributed by atoms with E-state index in [0.29, 0.717) is 23.3 Å². The molecule has 4 rings (SSSR count). The Hall–Kier alpha value is -2.40. The zero-order valence-electron chi connectivity index (χ0n) is 15.5. The van der Waals surface area contributed by atoms with Crippen molar-refractivity contribution in [3.63, 3.8) is 0 Å². The summed E-state index contributed by atoms with van der Waals surface area (Å²) in [6.07, 6.45) is 1.99. The van der Waals surface area contributed by atoms with Crippen LogP contribution >= 0.6 is 11.6 Å². The van der Waals surface area contributed by atoms with Gasteiger partial charge in [-0.25, -0.2) is 0 Å². The molecular formula is C21H22ClN2O3. The van der Waals surface area contributed by atoms with Crippen LogP contribution in [0.4, 0.5) is 5.69 Å². The molecule has 1 saturated heterocycles. The molecule has 0 amide bonds. The molecule has 0 bridgehead atoms. The van der Waals surface area contributed by atoms with Crippen molar-refractivity contribution in [3.8, 4) is 11.5 Å². The van der Waals surface area contributed by atoms with Crippen LogP contribution in [0.3, 0.4) is 0 Å². The smallest absolute Gasteiger partial charge is 0.184 e. The fraction of sp³-hybridized carbons (Fsp3) is 0.381. The Bertz CT molecular complexity index is 932. The molecule has 0 unspecified atom stereocenters. The Morgan fingerprint density at radius 3 is 2.85 bits per heavy atom. The van der Waals surface area contributed by atoms with Gasteiger partial charge in [-0.05, 0) is 44.0 Å². The summed E-state index contributed by atoms with van der Waals surface area (Å²) in [5, 5.41) is 6.05. The Labute approximate surface area is 163 Å². The lowest BCUT2D eigenvalue weighted by atomic mass is 9.91. The standard InChI is InChI=1S/C21H22ClN2O3/c1-3-26-18-6-4-5-17(21(18)25-2)24-11-9-14(10-12-24)20-16-8-7-15(22)13-19(16)27-23-20/h4-5,7-8,13-14H,3,9-12H2,1-2H3. The van der Waals surface area contributed by atoms with Crippen molar-refractivity contribution in [3.05, 3.63) is 47.1 Å². The third-order valence-electron chi connectivity index (χ3n) is 5.07. The van der Waals surface area contributed by atoms with E-state index in [2.05, 4.69) is 16.1 Å². The first-order chi connectivity index (χ1) is 13.2. The zero-order valence-corrected chi connectivity index (χ0v) is 16.3. The summed E-state index contributed by atoms with van der Waals surface area (Å²) in [7, 11) is 1.68. The van der Waals surface area contributed by atoms with Gasteiger partial charge in [-0.2, -0.15) is 0 Å². The average molecular weight is 386 g/mol. The second kappa shape index (κ2) is 7.69. The molecule has 1 aliphatic rings. The summed E-state index contributed by atoms with van der Waals surface area (Å²) >= 11 is 6.05. The van der Waals surface area contributed by atoms with Gasteiger partial charge in [0.15, 0.2) is 17.1 Å². The lowest BCUT2D eigenvalue weighted by Gasteiger charge is -2.34. The van der Waals surface area contributed by atoms with Crippen LogP contribution in [-0.4, -0.2) is 32.0 Å². The molecule has 1 fully saturated rings. The average Bonchev–Trinajstić information content (AvgIpc) is 3.11. The second-order valence-corrected chi connectivity index (χ2v) is 7.06. The maximum absolute atomic E-state index is 6.05. The van der Waals surface area contributed by atoms with E-state index in [-0.39, 0.29) is 0 Å². The monoisotopic (exact) mass is 385 g/mol. The summed E-state index contributed by atoms with van der Waals surface area (Å²) in [6, 6.07) is 12.8. The first-order valence-corrected chi connectivity index (χ1v) is 9.60. The van der Waals surface area contributed by atoms with Gasteiger partial charge in [0.1, 0.15) is 0 Å². The Morgan fingerprint density at radius 1 is 1.30 bits per heavy atom. The highest BCUT2D eigenvalue weighted by atomic mass is 35.5. The molecule has 27 heavy (non-hydrogen) atoms. The Kier molecular flexibility index (Phi) is 5.12. The van der Waals surface area contributed by atoms with Crippen LogP contribution in [0, 0.1) is 6.07 Å². The topological polar surface area (TPSA) is 47.7 Å². The largest absolute Gasteiger partial charge is 0.491 e. The fourth-order valence-electron chi connectivity index (χ4n) is 3.77. The number of halogens is 1. The van der Waals surface area contributed by atoms with Crippen LogP contribution in [-0.2, 0) is 0 Å². The highest BCUT2D eigenvalue weighted by molar-refractivity contribution is 6.31. The number of piperidine rings is 1. The van der Waals surface area contributed by atoms with Crippen molar-refractivity contribution in [1.82, 2.24) is 5.16 Å². The molecule has 0 spiro atoms. The van der Waals surface area contributed by atoms with Crippen LogP contribution in [0.2, 0.25) is 5.02 Å². The lowest BCUT2D eigenvalue weighted by molar-refractivity contribution is 0.310. The highest BCUT2D eigenvalue weighted by Crippen LogP contribution is 2.40. The van der Waals surface area contributed by atoms with Crippen molar-refractivity contribution in [2.75, 3.05) is 31.7 Å². The molecule has 0 saturated carbocycles. The van der Waals surface area contributed by atoms with Crippen molar-refractivity contribution in [2.24, 2.45) is 0 Å². The van der Waals surface area contributed by atoms with Crippen LogP contribution < -0.4 is 14.4 Å². The number of hydrogen-bond acceptors (Lipinski definition) is 5. The number of fused-ring (bicyclic) bond motifs is 1. The number of rotatable bonds is 5. The van der Waals surface area contributed by atoms with E-state index in [1.165, 1.54) is 0 Å². The number of methoxy groups -OCH3 is 1. The first kappa shape index (κ1) is 18.0. The third kappa shape index (κ3) is 3.44. The maximum Gasteiger partial charge on any atom is 0.184 e. The van der Waals surface area contributed by atoms with Gasteiger partial charge in [0, 0.05) is 41.5 Å². The van der Waals surface area contributed by atoms with E-state index < -0.39 is 0 Å². The minimum atomic E-state index is 0.372. The molecule has 1 aliphatic heterocycles. The molecule has 0 atom stereocenters. The molecule has 0 aliphatic carbocycles. The summed E-state index contributed by atoms with van der Waals surface area (Å²) in [5.41, 5.74) is 2.83. The van der Waals surface area contributed by atoms with E-state index in [1.54, 1.807) is 7.11 Å². The lowest BCUT2D eigenvalue weighted by Crippen LogP contribution is -2.33. The summed E-state index contributed by atoms with van der Waals surface area (Å²) in [5.74, 6) is 1.79. The van der Waals surface area contributed by atoms with Gasteiger partial charge in [0.2, 0.25) is 0 Å². The van der Waals surface area contributed by atoms with Crippen molar-refractivity contribution in [2.45, 2.75) is 25.7 Å². The van der Waals surface area contributed by atoms with Crippen molar-refractivity contribution < 1.29 is 14.0 Å². The van der Waals surface area contributed by atoms with E-state index in [0.717, 1.165) is 54.0 Å². The number of nitrogens with zero attached hydrogens (tertiary/aromatic N) is 2. The number of ether oxygens (including phenoxy) is 2. The molecule has 1 radical (unpaired) electrons. The van der Waals surface area contributed by atoms with Crippen LogP contribution in [0.1, 0.15) is 31.4 Å². The number of benzene rings is 2. The Morgan fingerprint density at radius 2 is 2.11 bits per heavy atom. The summed E-state index contributed by atoms with van der Waals surface area (Å²) in [4.78, 5) is 2.34. The second-order valence-electron chi connectivity index (χ2n) is 6.63. The predicted molar refractivity (Wildman–Crippen MR) is 106 cm³/mol. The molecule has 0 N–H and O–H groups in total. The van der Waals surface area contributed by atoms with Gasteiger partial charge < -0.3 is 18.9 Å². The van der Waals surface area contributed by atoms with Gasteiger partial charge in [0.25, 0.3) is 0 Å². The van der Waals surface area contributed by atoms with Gasteiger partial charge in [-0.15, -0.1) is 0 Å². The molecule has 6 heteroatoms. The summed E-state index contributed by atoms with van der Waals surface area (Å²) in [6.45, 7) is 4.37. The molecule has 141 valence electrons. The Balaban J connectivity index is 1.53. The molecule has 2 aromatic carbocycles. The normalized spacial score (nSPS) is 15.3. The fourth-order valence-corrected chi connectivity index (χ4v) is 3.93. The molecule has 2 heterocycles. The van der Waals surface area contributed by atoms with Gasteiger partial charge in [-0.1, -0.05) is 16.8 Å². The van der Waals surface area contributed by atoms with Gasteiger partial charge in [0.05, 0.1) is 25.1 Å². The molecule has 1 aromatic heterocycles. The van der Waals surface area contributed by atoms with Gasteiger partial charge in [-0.3, -0.25) is 0 Å². The van der Waals surface area contributed by atoms with E-state index in [4.69, 9.17) is 25.6 Å². The van der Waals surface area contributed by atoms with Crippen LogP contribution in [0.25, 0.3) is 11.0 Å². The van der Waals surface area contributed by atoms with E-state index in [9.17, 15) is 0 Å². The molecule has 3 aromatic rings.